The Labute approximate surface area is 151 Å². The average molecular weight is 345 g/mol. The summed E-state index contributed by atoms with van der Waals surface area (Å²) in [5, 5.41) is 10.4. The van der Waals surface area contributed by atoms with E-state index in [2.05, 4.69) is 35.2 Å². The van der Waals surface area contributed by atoms with E-state index in [9.17, 15) is 5.11 Å². The number of hydrogen-bond acceptors (Lipinski definition) is 4. The molecular formula is C21H31NO3. The first kappa shape index (κ1) is 18.4. The van der Waals surface area contributed by atoms with E-state index in [0.29, 0.717) is 5.92 Å². The number of aliphatic hydroxyl groups is 1. The monoisotopic (exact) mass is 345 g/mol. The topological polar surface area (TPSA) is 41.9 Å². The number of rotatable bonds is 7. The number of nitrogens with zero attached hydrogens (tertiary/aromatic N) is 1. The first-order chi connectivity index (χ1) is 12.2. The molecule has 1 aliphatic carbocycles. The molecule has 0 spiro atoms. The molecule has 0 aromatic heterocycles. The molecule has 2 fully saturated rings. The Hall–Kier alpha value is -1.36. The minimum Gasteiger partial charge on any atom is -0.388 e. The molecule has 1 aliphatic heterocycles. The number of benzene rings is 1. The highest BCUT2D eigenvalue weighted by Gasteiger charge is 2.26. The summed E-state index contributed by atoms with van der Waals surface area (Å²) >= 11 is 0. The van der Waals surface area contributed by atoms with Crippen LogP contribution in [0, 0.1) is 5.92 Å². The molecule has 0 radical (unpaired) electrons. The van der Waals surface area contributed by atoms with Gasteiger partial charge < -0.3 is 19.5 Å². The molecule has 1 aromatic carbocycles. The fourth-order valence-electron chi connectivity index (χ4n) is 3.82. The Bertz CT molecular complexity index is 551. The van der Waals surface area contributed by atoms with Crippen LogP contribution in [-0.4, -0.2) is 38.7 Å². The molecule has 4 heteroatoms. The van der Waals surface area contributed by atoms with E-state index in [1.807, 2.05) is 0 Å². The molecule has 4 nitrogen and oxygen atoms in total. The fourth-order valence-corrected chi connectivity index (χ4v) is 3.82. The van der Waals surface area contributed by atoms with Crippen LogP contribution >= 0.6 is 0 Å². The van der Waals surface area contributed by atoms with Gasteiger partial charge in [-0.3, -0.25) is 0 Å². The fraction of sp³-hybridized carbons (Fsp3) is 0.619. The van der Waals surface area contributed by atoms with Gasteiger partial charge in [0.2, 0.25) is 0 Å². The van der Waals surface area contributed by atoms with Crippen molar-refractivity contribution in [2.24, 2.45) is 5.92 Å². The zero-order valence-corrected chi connectivity index (χ0v) is 15.5. The Morgan fingerprint density at radius 2 is 1.76 bits per heavy atom. The highest BCUT2D eigenvalue weighted by molar-refractivity contribution is 5.48. The number of aliphatic hydroxyl groups excluding tert-OH is 1. The van der Waals surface area contributed by atoms with Gasteiger partial charge in [0, 0.05) is 38.9 Å². The van der Waals surface area contributed by atoms with E-state index in [0.717, 1.165) is 37.9 Å². The van der Waals surface area contributed by atoms with Gasteiger partial charge in [-0.1, -0.05) is 23.8 Å². The van der Waals surface area contributed by atoms with Crippen molar-refractivity contribution < 1.29 is 14.6 Å². The quantitative estimate of drug-likeness (QED) is 0.598. The van der Waals surface area contributed by atoms with Crippen LogP contribution in [0.3, 0.4) is 0 Å². The number of anilines is 1. The molecule has 1 saturated carbocycles. The van der Waals surface area contributed by atoms with Gasteiger partial charge >= 0.3 is 0 Å². The Balaban J connectivity index is 1.52. The maximum absolute atomic E-state index is 10.4. The van der Waals surface area contributed by atoms with Gasteiger partial charge in [-0.2, -0.15) is 0 Å². The van der Waals surface area contributed by atoms with Crippen LogP contribution in [0.4, 0.5) is 5.69 Å². The molecule has 0 bridgehead atoms. The summed E-state index contributed by atoms with van der Waals surface area (Å²) in [6, 6.07) is 8.41. The van der Waals surface area contributed by atoms with Crippen molar-refractivity contribution in [2.75, 3.05) is 32.2 Å². The molecule has 3 rings (SSSR count). The molecule has 138 valence electrons. The van der Waals surface area contributed by atoms with E-state index < -0.39 is 6.10 Å². The lowest BCUT2D eigenvalue weighted by Crippen LogP contribution is -2.39. The summed E-state index contributed by atoms with van der Waals surface area (Å²) in [4.78, 5) is 2.41. The SMILES string of the molecule is COC(OC)C1CCN(c2ccc(C(O)CC=C3CCC3)cc2)CC1. The van der Waals surface area contributed by atoms with E-state index >= 15 is 0 Å². The standard InChI is InChI=1S/C21H31NO3/c1-24-21(25-2)18-12-14-22(15-13-18)19-9-7-17(8-10-19)20(23)11-6-16-4-3-5-16/h6-10,18,20-21,23H,3-5,11-15H2,1-2H3. The van der Waals surface area contributed by atoms with Crippen LogP contribution in [0.5, 0.6) is 0 Å². The van der Waals surface area contributed by atoms with Crippen molar-refractivity contribution in [1.82, 2.24) is 0 Å². The molecule has 25 heavy (non-hydrogen) atoms. The summed E-state index contributed by atoms with van der Waals surface area (Å²) < 4.78 is 10.8. The summed E-state index contributed by atoms with van der Waals surface area (Å²) in [6.07, 6.45) is 8.35. The van der Waals surface area contributed by atoms with Gasteiger partial charge in [-0.25, -0.2) is 0 Å². The normalized spacial score (nSPS) is 19.8. The van der Waals surface area contributed by atoms with Crippen LogP contribution in [-0.2, 0) is 9.47 Å². The Morgan fingerprint density at radius 3 is 2.28 bits per heavy atom. The lowest BCUT2D eigenvalue weighted by atomic mass is 9.90. The first-order valence-electron chi connectivity index (χ1n) is 9.47. The maximum Gasteiger partial charge on any atom is 0.159 e. The van der Waals surface area contributed by atoms with Crippen molar-refractivity contribution in [3.05, 3.63) is 41.5 Å². The molecular weight excluding hydrogens is 314 g/mol. The van der Waals surface area contributed by atoms with Crippen LogP contribution in [0.15, 0.2) is 35.9 Å². The van der Waals surface area contributed by atoms with E-state index in [-0.39, 0.29) is 6.29 Å². The predicted octanol–water partition coefficient (Wildman–Crippen LogP) is 4.06. The van der Waals surface area contributed by atoms with Gasteiger partial charge in [0.25, 0.3) is 0 Å². The van der Waals surface area contributed by atoms with E-state index in [4.69, 9.17) is 9.47 Å². The average Bonchev–Trinajstić information content (AvgIpc) is 2.62. The number of allylic oxidation sites excluding steroid dienone is 1. The van der Waals surface area contributed by atoms with Crippen molar-refractivity contribution >= 4 is 5.69 Å². The second-order valence-electron chi connectivity index (χ2n) is 7.22. The van der Waals surface area contributed by atoms with Crippen LogP contribution in [0.25, 0.3) is 0 Å². The van der Waals surface area contributed by atoms with Crippen molar-refractivity contribution in [2.45, 2.75) is 50.9 Å². The molecule has 1 heterocycles. The second-order valence-corrected chi connectivity index (χ2v) is 7.22. The minimum atomic E-state index is -0.392. The first-order valence-corrected chi connectivity index (χ1v) is 9.47. The smallest absolute Gasteiger partial charge is 0.159 e. The summed E-state index contributed by atoms with van der Waals surface area (Å²) in [5.41, 5.74) is 3.75. The van der Waals surface area contributed by atoms with Gasteiger partial charge in [-0.05, 0) is 56.2 Å². The third kappa shape index (κ3) is 4.63. The molecule has 1 unspecified atom stereocenters. The highest BCUT2D eigenvalue weighted by atomic mass is 16.7. The number of ether oxygens (including phenoxy) is 2. The minimum absolute atomic E-state index is 0.0931. The lowest BCUT2D eigenvalue weighted by molar-refractivity contribution is -0.141. The van der Waals surface area contributed by atoms with Gasteiger partial charge in [0.05, 0.1) is 6.10 Å². The molecule has 0 amide bonds. The largest absolute Gasteiger partial charge is 0.388 e. The van der Waals surface area contributed by atoms with Crippen molar-refractivity contribution in [1.29, 1.82) is 0 Å². The molecule has 1 N–H and O–H groups in total. The number of methoxy groups -OCH3 is 2. The molecule has 2 aliphatic rings. The van der Waals surface area contributed by atoms with Crippen LogP contribution < -0.4 is 4.90 Å². The van der Waals surface area contributed by atoms with Crippen molar-refractivity contribution in [3.8, 4) is 0 Å². The van der Waals surface area contributed by atoms with Crippen LogP contribution in [0.1, 0.15) is 50.2 Å². The zero-order valence-electron chi connectivity index (χ0n) is 15.5. The predicted molar refractivity (Wildman–Crippen MR) is 101 cm³/mol. The van der Waals surface area contributed by atoms with Crippen LogP contribution in [0.2, 0.25) is 0 Å². The highest BCUT2D eigenvalue weighted by Crippen LogP contribution is 2.30. The summed E-state index contributed by atoms with van der Waals surface area (Å²) in [5.74, 6) is 0.465. The molecule has 1 aromatic rings. The van der Waals surface area contributed by atoms with E-state index in [1.54, 1.807) is 14.2 Å². The molecule has 1 atom stereocenters. The number of hydrogen-bond donors (Lipinski definition) is 1. The Morgan fingerprint density at radius 1 is 1.12 bits per heavy atom. The van der Waals surface area contributed by atoms with Gasteiger partial charge in [-0.15, -0.1) is 0 Å². The van der Waals surface area contributed by atoms with E-state index in [1.165, 1.54) is 30.5 Å². The maximum atomic E-state index is 10.4. The lowest BCUT2D eigenvalue weighted by Gasteiger charge is -2.36. The Kier molecular flexibility index (Phi) is 6.51. The zero-order chi connectivity index (χ0) is 17.6. The van der Waals surface area contributed by atoms with Gasteiger partial charge in [0.15, 0.2) is 6.29 Å². The second kappa shape index (κ2) is 8.84. The molecule has 1 saturated heterocycles. The number of piperidine rings is 1. The third-order valence-electron chi connectivity index (χ3n) is 5.66. The van der Waals surface area contributed by atoms with Gasteiger partial charge in [0.1, 0.15) is 0 Å². The summed E-state index contributed by atoms with van der Waals surface area (Å²) in [7, 11) is 3.43. The summed E-state index contributed by atoms with van der Waals surface area (Å²) in [6.45, 7) is 2.03. The third-order valence-corrected chi connectivity index (χ3v) is 5.66. The van der Waals surface area contributed by atoms with Crippen molar-refractivity contribution in [3.63, 3.8) is 0 Å².